The zero-order valence-electron chi connectivity index (χ0n) is 14.4. The highest BCUT2D eigenvalue weighted by molar-refractivity contribution is 5.92. The van der Waals surface area contributed by atoms with Crippen LogP contribution in [0.1, 0.15) is 56.1 Å². The normalized spacial score (nSPS) is 18.5. The lowest BCUT2D eigenvalue weighted by Crippen LogP contribution is -2.35. The van der Waals surface area contributed by atoms with Crippen LogP contribution in [0.3, 0.4) is 0 Å². The molecular weight excluding hydrogens is 300 g/mol. The number of pyridine rings is 1. The summed E-state index contributed by atoms with van der Waals surface area (Å²) in [5, 5.41) is 0.916. The van der Waals surface area contributed by atoms with E-state index in [0.717, 1.165) is 24.0 Å². The Hall–Kier alpha value is -2.11. The third kappa shape index (κ3) is 2.54. The summed E-state index contributed by atoms with van der Waals surface area (Å²) in [5.74, 6) is 1.76. The number of nitrogens with two attached hydrogens (primary N) is 2. The number of nitrogen functional groups attached to an aromatic ring is 2. The largest absolute Gasteiger partial charge is 0.383 e. The topological polar surface area (TPSA) is 94.0 Å². The van der Waals surface area contributed by atoms with Crippen LogP contribution >= 0.6 is 0 Å². The summed E-state index contributed by atoms with van der Waals surface area (Å²) >= 11 is 0. The molecule has 0 atom stereocenters. The molecule has 128 valence electrons. The molecule has 4 N–H and O–H groups in total. The van der Waals surface area contributed by atoms with Crippen molar-refractivity contribution in [1.29, 1.82) is 0 Å². The standard InChI is InChI=1S/C18H26N6/c1-24(11-7-3-2-4-8-11)17-13-10-6-5-9-12(13)14-15(19)21-18(20)23-16(14)22-17/h11H,2-10H2,1H3,(H4,19,20,21,22,23). The van der Waals surface area contributed by atoms with E-state index in [1.54, 1.807) is 0 Å². The van der Waals surface area contributed by atoms with Crippen molar-refractivity contribution in [3.8, 4) is 0 Å². The molecule has 0 aromatic carbocycles. The first kappa shape index (κ1) is 15.4. The molecular formula is C18H26N6. The fourth-order valence-corrected chi connectivity index (χ4v) is 4.38. The van der Waals surface area contributed by atoms with E-state index >= 15 is 0 Å². The van der Waals surface area contributed by atoms with Gasteiger partial charge < -0.3 is 16.4 Å². The van der Waals surface area contributed by atoms with Crippen molar-refractivity contribution in [2.45, 2.75) is 63.8 Å². The van der Waals surface area contributed by atoms with E-state index in [9.17, 15) is 0 Å². The molecule has 0 spiro atoms. The number of rotatable bonds is 2. The summed E-state index contributed by atoms with van der Waals surface area (Å²) in [6.07, 6.45) is 11.0. The Kier molecular flexibility index (Phi) is 3.90. The summed E-state index contributed by atoms with van der Waals surface area (Å²) in [6.45, 7) is 0. The maximum atomic E-state index is 6.17. The summed E-state index contributed by atoms with van der Waals surface area (Å²) in [7, 11) is 2.19. The molecule has 0 radical (unpaired) electrons. The summed E-state index contributed by atoms with van der Waals surface area (Å²) in [5.41, 5.74) is 15.3. The fourth-order valence-electron chi connectivity index (χ4n) is 4.38. The number of hydrogen-bond acceptors (Lipinski definition) is 6. The number of fused-ring (bicyclic) bond motifs is 3. The maximum absolute atomic E-state index is 6.17. The second-order valence-electron chi connectivity index (χ2n) is 7.17. The van der Waals surface area contributed by atoms with E-state index in [1.807, 2.05) is 0 Å². The van der Waals surface area contributed by atoms with Crippen molar-refractivity contribution in [1.82, 2.24) is 15.0 Å². The second kappa shape index (κ2) is 6.07. The lowest BCUT2D eigenvalue weighted by molar-refractivity contribution is 0.425. The first-order valence-corrected chi connectivity index (χ1v) is 9.12. The van der Waals surface area contributed by atoms with Gasteiger partial charge in [-0.1, -0.05) is 19.3 Å². The smallest absolute Gasteiger partial charge is 0.224 e. The van der Waals surface area contributed by atoms with E-state index in [-0.39, 0.29) is 5.95 Å². The summed E-state index contributed by atoms with van der Waals surface area (Å²) in [6, 6.07) is 0.575. The molecule has 2 aliphatic rings. The van der Waals surface area contributed by atoms with Crippen LogP contribution in [0.2, 0.25) is 0 Å². The Morgan fingerprint density at radius 1 is 0.875 bits per heavy atom. The molecule has 4 rings (SSSR count). The third-order valence-corrected chi connectivity index (χ3v) is 5.64. The molecule has 0 unspecified atom stereocenters. The van der Waals surface area contributed by atoms with E-state index in [4.69, 9.17) is 16.5 Å². The molecule has 1 saturated carbocycles. The van der Waals surface area contributed by atoms with Crippen LogP contribution < -0.4 is 16.4 Å². The highest BCUT2D eigenvalue weighted by Crippen LogP contribution is 2.37. The number of aromatic nitrogens is 3. The number of nitrogens with zero attached hydrogens (tertiary/aromatic N) is 4. The van der Waals surface area contributed by atoms with Crippen LogP contribution in [0.5, 0.6) is 0 Å². The van der Waals surface area contributed by atoms with Gasteiger partial charge in [0, 0.05) is 13.1 Å². The van der Waals surface area contributed by atoms with Gasteiger partial charge in [-0.2, -0.15) is 9.97 Å². The fraction of sp³-hybridized carbons (Fsp3) is 0.611. The quantitative estimate of drug-likeness (QED) is 0.881. The number of hydrogen-bond donors (Lipinski definition) is 2. The molecule has 0 amide bonds. The molecule has 2 aromatic heterocycles. The van der Waals surface area contributed by atoms with E-state index in [2.05, 4.69) is 21.9 Å². The van der Waals surface area contributed by atoms with Crippen LogP contribution in [0.25, 0.3) is 11.0 Å². The number of anilines is 3. The van der Waals surface area contributed by atoms with Gasteiger partial charge in [-0.3, -0.25) is 0 Å². The SMILES string of the molecule is CN(c1nc2nc(N)nc(N)c2c2c1CCCC2)C1CCCCC1. The highest BCUT2D eigenvalue weighted by atomic mass is 15.2. The Morgan fingerprint density at radius 3 is 2.33 bits per heavy atom. The van der Waals surface area contributed by atoms with Gasteiger partial charge in [0.25, 0.3) is 0 Å². The molecule has 6 heteroatoms. The molecule has 0 bridgehead atoms. The summed E-state index contributed by atoms with van der Waals surface area (Å²) < 4.78 is 0. The van der Waals surface area contributed by atoms with Crippen LogP contribution in [-0.2, 0) is 12.8 Å². The minimum absolute atomic E-state index is 0.203. The first-order chi connectivity index (χ1) is 11.6. The van der Waals surface area contributed by atoms with Crippen LogP contribution in [0, 0.1) is 0 Å². The van der Waals surface area contributed by atoms with Crippen molar-refractivity contribution < 1.29 is 0 Å². The maximum Gasteiger partial charge on any atom is 0.224 e. The van der Waals surface area contributed by atoms with Gasteiger partial charge in [-0.25, -0.2) is 4.98 Å². The lowest BCUT2D eigenvalue weighted by Gasteiger charge is -2.35. The van der Waals surface area contributed by atoms with Gasteiger partial charge in [0.15, 0.2) is 5.65 Å². The average molecular weight is 326 g/mol. The molecule has 0 aliphatic heterocycles. The van der Waals surface area contributed by atoms with Crippen molar-refractivity contribution in [2.24, 2.45) is 0 Å². The highest BCUT2D eigenvalue weighted by Gasteiger charge is 2.26. The second-order valence-corrected chi connectivity index (χ2v) is 7.17. The Bertz CT molecular complexity index is 766. The van der Waals surface area contributed by atoms with Gasteiger partial charge in [0.2, 0.25) is 5.95 Å². The zero-order chi connectivity index (χ0) is 16.7. The van der Waals surface area contributed by atoms with Gasteiger partial charge in [0.1, 0.15) is 11.6 Å². The summed E-state index contributed by atoms with van der Waals surface area (Å²) in [4.78, 5) is 15.8. The van der Waals surface area contributed by atoms with Gasteiger partial charge in [0.05, 0.1) is 5.39 Å². The van der Waals surface area contributed by atoms with Gasteiger partial charge in [-0.05, 0) is 49.7 Å². The van der Waals surface area contributed by atoms with Gasteiger partial charge >= 0.3 is 0 Å². The molecule has 1 fully saturated rings. The van der Waals surface area contributed by atoms with Gasteiger partial charge in [-0.15, -0.1) is 0 Å². The van der Waals surface area contributed by atoms with E-state index in [1.165, 1.54) is 56.1 Å². The van der Waals surface area contributed by atoms with Crippen LogP contribution in [0.15, 0.2) is 0 Å². The molecule has 24 heavy (non-hydrogen) atoms. The minimum Gasteiger partial charge on any atom is -0.383 e. The first-order valence-electron chi connectivity index (χ1n) is 9.12. The van der Waals surface area contributed by atoms with E-state index < -0.39 is 0 Å². The number of aryl methyl sites for hydroxylation is 1. The van der Waals surface area contributed by atoms with Crippen molar-refractivity contribution in [3.63, 3.8) is 0 Å². The van der Waals surface area contributed by atoms with Crippen molar-refractivity contribution in [2.75, 3.05) is 23.4 Å². The zero-order valence-corrected chi connectivity index (χ0v) is 14.4. The van der Waals surface area contributed by atoms with E-state index in [0.29, 0.717) is 17.5 Å². The minimum atomic E-state index is 0.203. The van der Waals surface area contributed by atoms with Crippen LogP contribution in [0.4, 0.5) is 17.6 Å². The monoisotopic (exact) mass is 326 g/mol. The predicted octanol–water partition coefficient (Wildman–Crippen LogP) is 2.84. The average Bonchev–Trinajstić information content (AvgIpc) is 2.60. The predicted molar refractivity (Wildman–Crippen MR) is 98.1 cm³/mol. The van der Waals surface area contributed by atoms with Crippen molar-refractivity contribution >= 4 is 28.6 Å². The van der Waals surface area contributed by atoms with Crippen molar-refractivity contribution in [3.05, 3.63) is 11.1 Å². The molecule has 2 aliphatic carbocycles. The Morgan fingerprint density at radius 2 is 1.58 bits per heavy atom. The molecule has 0 saturated heterocycles. The Labute approximate surface area is 142 Å². The Balaban J connectivity index is 1.88. The molecule has 6 nitrogen and oxygen atoms in total. The van der Waals surface area contributed by atoms with Crippen LogP contribution in [-0.4, -0.2) is 28.0 Å². The molecule has 2 heterocycles. The molecule has 2 aromatic rings. The lowest BCUT2D eigenvalue weighted by atomic mass is 9.88. The third-order valence-electron chi connectivity index (χ3n) is 5.64.